The maximum Gasteiger partial charge on any atom is 0.136 e. The minimum atomic E-state index is 0.590. The van der Waals surface area contributed by atoms with Gasteiger partial charge in [-0.15, -0.1) is 0 Å². The van der Waals surface area contributed by atoms with Crippen LogP contribution < -0.4 is 10.6 Å². The lowest BCUT2D eigenvalue weighted by molar-refractivity contribution is 0.518. The van der Waals surface area contributed by atoms with Gasteiger partial charge in [0.05, 0.1) is 0 Å². The van der Waals surface area contributed by atoms with Gasteiger partial charge in [0.15, 0.2) is 0 Å². The second-order valence-electron chi connectivity index (χ2n) is 5.08. The predicted octanol–water partition coefficient (Wildman–Crippen LogP) is 3.24. The van der Waals surface area contributed by atoms with Gasteiger partial charge in [-0.2, -0.15) is 0 Å². The molecule has 0 amide bonds. The standard InChI is InChI=1S/C14H24N4/c1-4-10(5-2)9-16-13-8-12(15-3)17-14(18-13)11-6-7-11/h8,10-11H,4-7,9H2,1-3H3,(H2,15,16,17,18). The van der Waals surface area contributed by atoms with Crippen LogP contribution in [-0.2, 0) is 0 Å². The first-order valence-electron chi connectivity index (χ1n) is 7.07. The van der Waals surface area contributed by atoms with Crippen molar-refractivity contribution in [2.24, 2.45) is 5.92 Å². The van der Waals surface area contributed by atoms with E-state index < -0.39 is 0 Å². The van der Waals surface area contributed by atoms with E-state index in [0.717, 1.165) is 29.9 Å². The zero-order valence-corrected chi connectivity index (χ0v) is 11.7. The van der Waals surface area contributed by atoms with Crippen LogP contribution in [0, 0.1) is 5.92 Å². The van der Waals surface area contributed by atoms with E-state index in [2.05, 4.69) is 34.4 Å². The molecule has 1 saturated carbocycles. The van der Waals surface area contributed by atoms with E-state index in [1.54, 1.807) is 0 Å². The molecule has 0 unspecified atom stereocenters. The Bertz CT molecular complexity index is 383. The van der Waals surface area contributed by atoms with Crippen molar-refractivity contribution in [1.82, 2.24) is 9.97 Å². The van der Waals surface area contributed by atoms with Crippen molar-refractivity contribution < 1.29 is 0 Å². The molecular weight excluding hydrogens is 224 g/mol. The van der Waals surface area contributed by atoms with Crippen molar-refractivity contribution in [1.29, 1.82) is 0 Å². The van der Waals surface area contributed by atoms with Crippen molar-refractivity contribution in [3.63, 3.8) is 0 Å². The maximum atomic E-state index is 4.62. The fourth-order valence-electron chi connectivity index (χ4n) is 2.03. The highest BCUT2D eigenvalue weighted by Gasteiger charge is 2.27. The second kappa shape index (κ2) is 6.03. The summed E-state index contributed by atoms with van der Waals surface area (Å²) < 4.78 is 0. The van der Waals surface area contributed by atoms with Crippen molar-refractivity contribution >= 4 is 11.6 Å². The average molecular weight is 248 g/mol. The Hall–Kier alpha value is -1.32. The minimum absolute atomic E-state index is 0.590. The van der Waals surface area contributed by atoms with Gasteiger partial charge in [0.1, 0.15) is 17.5 Å². The molecule has 1 aliphatic rings. The van der Waals surface area contributed by atoms with Gasteiger partial charge in [-0.1, -0.05) is 26.7 Å². The molecule has 18 heavy (non-hydrogen) atoms. The Morgan fingerprint density at radius 1 is 1.22 bits per heavy atom. The number of nitrogens with zero attached hydrogens (tertiary/aromatic N) is 2. The number of rotatable bonds is 7. The van der Waals surface area contributed by atoms with Gasteiger partial charge in [-0.25, -0.2) is 9.97 Å². The summed E-state index contributed by atoms with van der Waals surface area (Å²) in [5.41, 5.74) is 0. The van der Waals surface area contributed by atoms with Crippen LogP contribution in [0.25, 0.3) is 0 Å². The third-order valence-electron chi connectivity index (χ3n) is 3.67. The number of aromatic nitrogens is 2. The Morgan fingerprint density at radius 3 is 2.44 bits per heavy atom. The van der Waals surface area contributed by atoms with Crippen molar-refractivity contribution in [3.05, 3.63) is 11.9 Å². The maximum absolute atomic E-state index is 4.62. The topological polar surface area (TPSA) is 49.8 Å². The zero-order chi connectivity index (χ0) is 13.0. The molecule has 0 aromatic carbocycles. The van der Waals surface area contributed by atoms with E-state index in [9.17, 15) is 0 Å². The van der Waals surface area contributed by atoms with Crippen LogP contribution >= 0.6 is 0 Å². The smallest absolute Gasteiger partial charge is 0.136 e. The molecular formula is C14H24N4. The molecule has 0 radical (unpaired) electrons. The van der Waals surface area contributed by atoms with Crippen molar-refractivity contribution in [3.8, 4) is 0 Å². The summed E-state index contributed by atoms with van der Waals surface area (Å²) in [4.78, 5) is 9.14. The molecule has 4 heteroatoms. The van der Waals surface area contributed by atoms with Crippen LogP contribution in [0.5, 0.6) is 0 Å². The van der Waals surface area contributed by atoms with Crippen LogP contribution in [0.4, 0.5) is 11.6 Å². The molecule has 1 aromatic rings. The summed E-state index contributed by atoms with van der Waals surface area (Å²) in [6.45, 7) is 5.48. The monoisotopic (exact) mass is 248 g/mol. The molecule has 0 spiro atoms. The largest absolute Gasteiger partial charge is 0.373 e. The molecule has 2 rings (SSSR count). The van der Waals surface area contributed by atoms with Crippen molar-refractivity contribution in [2.45, 2.75) is 45.4 Å². The zero-order valence-electron chi connectivity index (χ0n) is 11.7. The summed E-state index contributed by atoms with van der Waals surface area (Å²) in [7, 11) is 1.91. The molecule has 2 N–H and O–H groups in total. The van der Waals surface area contributed by atoms with Crippen LogP contribution in [0.3, 0.4) is 0 Å². The molecule has 0 atom stereocenters. The molecule has 1 aromatic heterocycles. The average Bonchev–Trinajstić information content (AvgIpc) is 3.24. The Kier molecular flexibility index (Phi) is 4.39. The third-order valence-corrected chi connectivity index (χ3v) is 3.67. The van der Waals surface area contributed by atoms with Gasteiger partial charge in [-0.05, 0) is 18.8 Å². The van der Waals surface area contributed by atoms with Crippen LogP contribution in [0.1, 0.15) is 51.3 Å². The van der Waals surface area contributed by atoms with E-state index >= 15 is 0 Å². The van der Waals surface area contributed by atoms with Crippen LogP contribution in [0.15, 0.2) is 6.07 Å². The summed E-state index contributed by atoms with van der Waals surface area (Å²) in [5, 5.41) is 6.57. The van der Waals surface area contributed by atoms with Gasteiger partial charge in [-0.3, -0.25) is 0 Å². The number of nitrogens with one attached hydrogen (secondary N) is 2. The van der Waals surface area contributed by atoms with E-state index in [-0.39, 0.29) is 0 Å². The highest BCUT2D eigenvalue weighted by Crippen LogP contribution is 2.38. The molecule has 1 fully saturated rings. The van der Waals surface area contributed by atoms with Gasteiger partial charge in [0.25, 0.3) is 0 Å². The van der Waals surface area contributed by atoms with Crippen LogP contribution in [-0.4, -0.2) is 23.6 Å². The highest BCUT2D eigenvalue weighted by atomic mass is 15.1. The fourth-order valence-corrected chi connectivity index (χ4v) is 2.03. The quantitative estimate of drug-likeness (QED) is 0.777. The fraction of sp³-hybridized carbons (Fsp3) is 0.714. The SMILES string of the molecule is CCC(CC)CNc1cc(NC)nc(C2CC2)n1. The predicted molar refractivity (Wildman–Crippen MR) is 76.1 cm³/mol. The van der Waals surface area contributed by atoms with E-state index in [1.807, 2.05) is 13.1 Å². The molecule has 4 nitrogen and oxygen atoms in total. The van der Waals surface area contributed by atoms with E-state index in [4.69, 9.17) is 0 Å². The van der Waals surface area contributed by atoms with E-state index in [0.29, 0.717) is 5.92 Å². The molecule has 0 saturated heterocycles. The summed E-state index contributed by atoms with van der Waals surface area (Å²) in [5.74, 6) is 4.19. The number of hydrogen-bond acceptors (Lipinski definition) is 4. The Morgan fingerprint density at radius 2 is 1.89 bits per heavy atom. The lowest BCUT2D eigenvalue weighted by Gasteiger charge is -2.14. The van der Waals surface area contributed by atoms with Crippen molar-refractivity contribution in [2.75, 3.05) is 24.2 Å². The first-order valence-corrected chi connectivity index (χ1v) is 7.07. The number of anilines is 2. The van der Waals surface area contributed by atoms with E-state index in [1.165, 1.54) is 25.7 Å². The molecule has 1 aliphatic carbocycles. The lowest BCUT2D eigenvalue weighted by atomic mass is 10.0. The first kappa shape index (κ1) is 13.1. The van der Waals surface area contributed by atoms with Gasteiger partial charge >= 0.3 is 0 Å². The molecule has 100 valence electrons. The Balaban J connectivity index is 2.04. The van der Waals surface area contributed by atoms with Gasteiger partial charge in [0, 0.05) is 25.6 Å². The highest BCUT2D eigenvalue weighted by molar-refractivity contribution is 5.47. The molecule has 1 heterocycles. The molecule has 0 aliphatic heterocycles. The van der Waals surface area contributed by atoms with Gasteiger partial charge < -0.3 is 10.6 Å². The van der Waals surface area contributed by atoms with Gasteiger partial charge in [0.2, 0.25) is 0 Å². The third kappa shape index (κ3) is 3.34. The normalized spacial score (nSPS) is 14.9. The summed E-state index contributed by atoms with van der Waals surface area (Å²) in [6.07, 6.45) is 4.89. The molecule has 0 bridgehead atoms. The van der Waals surface area contributed by atoms with Crippen LogP contribution in [0.2, 0.25) is 0 Å². The summed E-state index contributed by atoms with van der Waals surface area (Å²) in [6, 6.07) is 1.99. The lowest BCUT2D eigenvalue weighted by Crippen LogP contribution is -2.14. The minimum Gasteiger partial charge on any atom is -0.373 e. The summed E-state index contributed by atoms with van der Waals surface area (Å²) >= 11 is 0. The second-order valence-corrected chi connectivity index (χ2v) is 5.08. The number of hydrogen-bond donors (Lipinski definition) is 2. The Labute approximate surface area is 110 Å². The first-order chi connectivity index (χ1) is 8.76.